The van der Waals surface area contributed by atoms with Crippen molar-refractivity contribution in [2.75, 3.05) is 13.6 Å². The van der Waals surface area contributed by atoms with Crippen molar-refractivity contribution in [2.24, 2.45) is 5.41 Å². The summed E-state index contributed by atoms with van der Waals surface area (Å²) in [5.74, 6) is -0.512. The zero-order valence-corrected chi connectivity index (χ0v) is 14.3. The number of rotatable bonds is 5. The molecule has 4 nitrogen and oxygen atoms in total. The van der Waals surface area contributed by atoms with Gasteiger partial charge in [-0.2, -0.15) is 13.2 Å². The van der Waals surface area contributed by atoms with Crippen molar-refractivity contribution in [1.82, 2.24) is 10.2 Å². The van der Waals surface area contributed by atoms with Crippen LogP contribution in [0.4, 0.5) is 13.2 Å². The zero-order chi connectivity index (χ0) is 18.5. The van der Waals surface area contributed by atoms with Crippen LogP contribution in [0.15, 0.2) is 24.3 Å². The molecule has 0 radical (unpaired) electrons. The number of hydrogen-bond donors (Lipinski definition) is 1. The lowest BCUT2D eigenvalue weighted by Crippen LogP contribution is -2.37. The molecule has 0 saturated carbocycles. The smallest absolute Gasteiger partial charge is 0.355 e. The van der Waals surface area contributed by atoms with E-state index in [1.165, 1.54) is 30.1 Å². The third-order valence-electron chi connectivity index (χ3n) is 3.46. The quantitative estimate of drug-likeness (QED) is 0.892. The van der Waals surface area contributed by atoms with E-state index in [0.29, 0.717) is 0 Å². The Kier molecular flexibility index (Phi) is 6.40. The molecule has 0 heterocycles. The number of benzene rings is 1. The van der Waals surface area contributed by atoms with E-state index in [0.717, 1.165) is 6.07 Å². The van der Waals surface area contributed by atoms with E-state index in [2.05, 4.69) is 5.32 Å². The van der Waals surface area contributed by atoms with E-state index in [-0.39, 0.29) is 36.9 Å². The summed E-state index contributed by atoms with van der Waals surface area (Å²) in [5, 5.41) is 2.64. The fourth-order valence-corrected chi connectivity index (χ4v) is 2.02. The van der Waals surface area contributed by atoms with E-state index in [1.54, 1.807) is 20.8 Å². The van der Waals surface area contributed by atoms with Gasteiger partial charge in [-0.3, -0.25) is 9.59 Å². The van der Waals surface area contributed by atoms with E-state index in [9.17, 15) is 22.8 Å². The van der Waals surface area contributed by atoms with Gasteiger partial charge in [0.15, 0.2) is 0 Å². The summed E-state index contributed by atoms with van der Waals surface area (Å²) >= 11 is 0. The van der Waals surface area contributed by atoms with E-state index in [1.807, 2.05) is 0 Å². The van der Waals surface area contributed by atoms with Gasteiger partial charge in [0.25, 0.3) is 0 Å². The van der Waals surface area contributed by atoms with Gasteiger partial charge in [-0.25, -0.2) is 0 Å². The van der Waals surface area contributed by atoms with Crippen molar-refractivity contribution >= 4 is 11.8 Å². The Morgan fingerprint density at radius 2 is 1.71 bits per heavy atom. The maximum absolute atomic E-state index is 13.0. The highest BCUT2D eigenvalue weighted by atomic mass is 19.4. The minimum absolute atomic E-state index is 0.0342. The summed E-state index contributed by atoms with van der Waals surface area (Å²) < 4.78 is 38.9. The van der Waals surface area contributed by atoms with Crippen LogP contribution in [0.2, 0.25) is 0 Å². The summed E-state index contributed by atoms with van der Waals surface area (Å²) in [6, 6.07) is 5.17. The molecule has 0 bridgehead atoms. The van der Waals surface area contributed by atoms with Gasteiger partial charge in [0.05, 0.1) is 5.56 Å². The second-order valence-corrected chi connectivity index (χ2v) is 6.66. The standard InChI is InChI=1S/C17H23F3N2O2/c1-16(2,3)15(24)21-10-9-14(23)22(4)11-12-7-5-6-8-13(12)17(18,19)20/h5-8H,9-11H2,1-4H3,(H,21,24). The molecule has 7 heteroatoms. The summed E-state index contributed by atoms with van der Waals surface area (Å²) in [4.78, 5) is 25.0. The van der Waals surface area contributed by atoms with Crippen molar-refractivity contribution in [3.63, 3.8) is 0 Å². The lowest BCUT2D eigenvalue weighted by molar-refractivity contribution is -0.139. The Balaban J connectivity index is 2.61. The number of nitrogens with one attached hydrogen (secondary N) is 1. The molecule has 0 aliphatic carbocycles. The van der Waals surface area contributed by atoms with Crippen molar-refractivity contribution in [3.05, 3.63) is 35.4 Å². The molecule has 0 atom stereocenters. The van der Waals surface area contributed by atoms with Crippen LogP contribution in [-0.4, -0.2) is 30.3 Å². The van der Waals surface area contributed by atoms with Crippen LogP contribution in [0, 0.1) is 5.41 Å². The maximum atomic E-state index is 13.0. The Morgan fingerprint density at radius 3 is 2.25 bits per heavy atom. The normalized spacial score (nSPS) is 12.0. The van der Waals surface area contributed by atoms with Gasteiger partial charge in [0.1, 0.15) is 0 Å². The number of carbonyl (C=O) groups is 2. The van der Waals surface area contributed by atoms with Crippen LogP contribution < -0.4 is 5.32 Å². The van der Waals surface area contributed by atoms with Gasteiger partial charge in [0.2, 0.25) is 11.8 Å². The molecule has 24 heavy (non-hydrogen) atoms. The molecule has 0 fully saturated rings. The Morgan fingerprint density at radius 1 is 1.12 bits per heavy atom. The number of carbonyl (C=O) groups excluding carboxylic acids is 2. The average Bonchev–Trinajstić information content (AvgIpc) is 2.45. The van der Waals surface area contributed by atoms with Gasteiger partial charge >= 0.3 is 6.18 Å². The highest BCUT2D eigenvalue weighted by Crippen LogP contribution is 2.32. The SMILES string of the molecule is CN(Cc1ccccc1C(F)(F)F)C(=O)CCNC(=O)C(C)(C)C. The van der Waals surface area contributed by atoms with Crippen molar-refractivity contribution in [3.8, 4) is 0 Å². The van der Waals surface area contributed by atoms with Crippen LogP contribution in [0.1, 0.15) is 38.3 Å². The first-order valence-corrected chi connectivity index (χ1v) is 7.60. The van der Waals surface area contributed by atoms with Crippen LogP contribution in [0.25, 0.3) is 0 Å². The van der Waals surface area contributed by atoms with Crippen molar-refractivity contribution in [2.45, 2.75) is 39.9 Å². The summed E-state index contributed by atoms with van der Waals surface area (Å²) in [5.41, 5.74) is -1.26. The molecule has 0 aromatic heterocycles. The fourth-order valence-electron chi connectivity index (χ4n) is 2.02. The topological polar surface area (TPSA) is 49.4 Å². The average molecular weight is 344 g/mol. The molecule has 0 spiro atoms. The molecule has 0 unspecified atom stereocenters. The largest absolute Gasteiger partial charge is 0.416 e. The summed E-state index contributed by atoms with van der Waals surface area (Å²) in [7, 11) is 1.45. The van der Waals surface area contributed by atoms with Gasteiger partial charge in [-0.1, -0.05) is 39.0 Å². The van der Waals surface area contributed by atoms with Crippen LogP contribution in [0.5, 0.6) is 0 Å². The second-order valence-electron chi connectivity index (χ2n) is 6.66. The Bertz CT molecular complexity index is 592. The third-order valence-corrected chi connectivity index (χ3v) is 3.46. The summed E-state index contributed by atoms with van der Waals surface area (Å²) in [6.07, 6.45) is -4.42. The first-order chi connectivity index (χ1) is 10.9. The lowest BCUT2D eigenvalue weighted by Gasteiger charge is -2.21. The number of halogens is 3. The minimum atomic E-state index is -4.46. The molecule has 1 aromatic carbocycles. The number of nitrogens with zero attached hydrogens (tertiary/aromatic N) is 1. The second kappa shape index (κ2) is 7.68. The first-order valence-electron chi connectivity index (χ1n) is 7.60. The molecule has 1 rings (SSSR count). The molecular weight excluding hydrogens is 321 g/mol. The molecule has 134 valence electrons. The number of hydrogen-bond acceptors (Lipinski definition) is 2. The molecule has 0 aliphatic rings. The molecule has 1 aromatic rings. The van der Waals surface area contributed by atoms with Gasteiger partial charge < -0.3 is 10.2 Å². The maximum Gasteiger partial charge on any atom is 0.416 e. The minimum Gasteiger partial charge on any atom is -0.355 e. The van der Waals surface area contributed by atoms with Crippen LogP contribution in [-0.2, 0) is 22.3 Å². The van der Waals surface area contributed by atoms with E-state index >= 15 is 0 Å². The van der Waals surface area contributed by atoms with Crippen molar-refractivity contribution in [1.29, 1.82) is 0 Å². The van der Waals surface area contributed by atoms with Crippen LogP contribution in [0.3, 0.4) is 0 Å². The Labute approximate surface area is 140 Å². The first kappa shape index (κ1) is 20.0. The third kappa shape index (κ3) is 5.86. The zero-order valence-electron chi connectivity index (χ0n) is 14.3. The number of alkyl halides is 3. The number of amides is 2. The van der Waals surface area contributed by atoms with Gasteiger partial charge in [-0.15, -0.1) is 0 Å². The Hall–Kier alpha value is -2.05. The molecular formula is C17H23F3N2O2. The van der Waals surface area contributed by atoms with Gasteiger partial charge in [-0.05, 0) is 11.6 Å². The lowest BCUT2D eigenvalue weighted by atomic mass is 9.96. The molecule has 0 saturated heterocycles. The van der Waals surface area contributed by atoms with E-state index in [4.69, 9.17) is 0 Å². The van der Waals surface area contributed by atoms with Crippen LogP contribution >= 0.6 is 0 Å². The predicted octanol–water partition coefficient (Wildman–Crippen LogP) is 3.22. The highest BCUT2D eigenvalue weighted by Gasteiger charge is 2.33. The molecule has 1 N–H and O–H groups in total. The fraction of sp³-hybridized carbons (Fsp3) is 0.529. The summed E-state index contributed by atoms with van der Waals surface area (Å²) in [6.45, 7) is 5.28. The monoisotopic (exact) mass is 344 g/mol. The molecule has 0 aliphatic heterocycles. The predicted molar refractivity (Wildman–Crippen MR) is 85.0 cm³/mol. The van der Waals surface area contributed by atoms with Gasteiger partial charge in [0, 0.05) is 32.0 Å². The highest BCUT2D eigenvalue weighted by molar-refractivity contribution is 5.82. The van der Waals surface area contributed by atoms with E-state index < -0.39 is 17.2 Å². The molecule has 2 amide bonds. The van der Waals surface area contributed by atoms with Crippen molar-refractivity contribution < 1.29 is 22.8 Å².